The lowest BCUT2D eigenvalue weighted by molar-refractivity contribution is 0.0715. The Labute approximate surface area is 104 Å². The number of nitrogens with one attached hydrogen (secondary N) is 1. The number of hydrogen-bond acceptors (Lipinski definition) is 4. The lowest BCUT2D eigenvalue weighted by Gasteiger charge is -2.32. The van der Waals surface area contributed by atoms with Crippen LogP contribution in [0.5, 0.6) is 0 Å². The molecule has 4 heteroatoms. The molecule has 4 nitrogen and oxygen atoms in total. The van der Waals surface area contributed by atoms with Crippen LogP contribution in [0.15, 0.2) is 0 Å². The lowest BCUT2D eigenvalue weighted by Crippen LogP contribution is -2.52. The molecule has 17 heavy (non-hydrogen) atoms. The normalized spacial score (nSPS) is 36.7. The van der Waals surface area contributed by atoms with Gasteiger partial charge in [0.2, 0.25) is 0 Å². The van der Waals surface area contributed by atoms with Crippen molar-refractivity contribution < 1.29 is 9.47 Å². The van der Waals surface area contributed by atoms with Crippen molar-refractivity contribution >= 4 is 0 Å². The van der Waals surface area contributed by atoms with Gasteiger partial charge in [-0.25, -0.2) is 0 Å². The van der Waals surface area contributed by atoms with E-state index in [1.807, 2.05) is 0 Å². The van der Waals surface area contributed by atoms with E-state index in [-0.39, 0.29) is 0 Å². The highest BCUT2D eigenvalue weighted by atomic mass is 16.5. The highest BCUT2D eigenvalue weighted by molar-refractivity contribution is 4.92. The molecular formula is C13H24N2O2. The third-order valence-electron chi connectivity index (χ3n) is 4.33. The standard InChI is InChI=1S/C13H24N2O2/c1-2-6-15(5-1)13-10-17-9-12(13)14-11-3-7-16-8-4-11/h11-14H,1-10H2/t12-,13-/m0/s1. The first-order valence-electron chi connectivity index (χ1n) is 7.09. The average Bonchev–Trinajstić information content (AvgIpc) is 3.00. The molecule has 2 atom stereocenters. The van der Waals surface area contributed by atoms with Crippen LogP contribution in [0.1, 0.15) is 25.7 Å². The predicted octanol–water partition coefficient (Wildman–Crippen LogP) is 0.618. The SMILES string of the molecule is C1CCN([C@H]2COC[C@@H]2NC2CCOCC2)C1. The fraction of sp³-hybridized carbons (Fsp3) is 1.00. The first kappa shape index (κ1) is 11.9. The number of hydrogen-bond donors (Lipinski definition) is 1. The van der Waals surface area contributed by atoms with Gasteiger partial charge in [-0.2, -0.15) is 0 Å². The topological polar surface area (TPSA) is 33.7 Å². The van der Waals surface area contributed by atoms with Gasteiger partial charge in [0, 0.05) is 25.3 Å². The van der Waals surface area contributed by atoms with E-state index in [1.54, 1.807) is 0 Å². The van der Waals surface area contributed by atoms with Gasteiger partial charge >= 0.3 is 0 Å². The van der Waals surface area contributed by atoms with Gasteiger partial charge in [0.1, 0.15) is 0 Å². The van der Waals surface area contributed by atoms with Crippen molar-refractivity contribution in [1.82, 2.24) is 10.2 Å². The van der Waals surface area contributed by atoms with Crippen LogP contribution in [0.4, 0.5) is 0 Å². The summed E-state index contributed by atoms with van der Waals surface area (Å²) in [6, 6.07) is 1.79. The Morgan fingerprint density at radius 1 is 0.941 bits per heavy atom. The molecule has 0 aromatic heterocycles. The monoisotopic (exact) mass is 240 g/mol. The van der Waals surface area contributed by atoms with Crippen LogP contribution in [0.2, 0.25) is 0 Å². The van der Waals surface area contributed by atoms with Gasteiger partial charge < -0.3 is 14.8 Å². The number of ether oxygens (including phenoxy) is 2. The zero-order valence-corrected chi connectivity index (χ0v) is 10.6. The predicted molar refractivity (Wildman–Crippen MR) is 66.2 cm³/mol. The molecule has 3 heterocycles. The van der Waals surface area contributed by atoms with Gasteiger partial charge in [0.15, 0.2) is 0 Å². The maximum atomic E-state index is 5.69. The summed E-state index contributed by atoms with van der Waals surface area (Å²) < 4.78 is 11.1. The summed E-state index contributed by atoms with van der Waals surface area (Å²) in [5, 5.41) is 3.80. The zero-order chi connectivity index (χ0) is 11.5. The van der Waals surface area contributed by atoms with Crippen molar-refractivity contribution in [3.63, 3.8) is 0 Å². The van der Waals surface area contributed by atoms with Gasteiger partial charge in [-0.3, -0.25) is 4.90 Å². The molecule has 3 rings (SSSR count). The Balaban J connectivity index is 1.53. The second-order valence-corrected chi connectivity index (χ2v) is 5.51. The summed E-state index contributed by atoms with van der Waals surface area (Å²) >= 11 is 0. The van der Waals surface area contributed by atoms with Crippen LogP contribution in [-0.4, -0.2) is 62.5 Å². The van der Waals surface area contributed by atoms with E-state index in [2.05, 4.69) is 10.2 Å². The van der Waals surface area contributed by atoms with Crippen molar-refractivity contribution in [2.24, 2.45) is 0 Å². The Morgan fingerprint density at radius 3 is 2.47 bits per heavy atom. The smallest absolute Gasteiger partial charge is 0.0638 e. The maximum Gasteiger partial charge on any atom is 0.0638 e. The number of likely N-dealkylation sites (tertiary alicyclic amines) is 1. The first-order chi connectivity index (χ1) is 8.43. The summed E-state index contributed by atoms with van der Waals surface area (Å²) in [5.41, 5.74) is 0. The highest BCUT2D eigenvalue weighted by Crippen LogP contribution is 2.20. The Kier molecular flexibility index (Phi) is 3.96. The minimum Gasteiger partial charge on any atom is -0.381 e. The maximum absolute atomic E-state index is 5.69. The third kappa shape index (κ3) is 2.81. The summed E-state index contributed by atoms with van der Waals surface area (Å²) in [4.78, 5) is 2.62. The van der Waals surface area contributed by atoms with Gasteiger partial charge in [0.05, 0.1) is 19.3 Å². The van der Waals surface area contributed by atoms with Crippen LogP contribution >= 0.6 is 0 Å². The molecule has 3 fully saturated rings. The van der Waals surface area contributed by atoms with Crippen LogP contribution < -0.4 is 5.32 Å². The summed E-state index contributed by atoms with van der Waals surface area (Å²) in [5.74, 6) is 0. The molecule has 0 spiro atoms. The van der Waals surface area contributed by atoms with E-state index in [0.29, 0.717) is 18.1 Å². The quantitative estimate of drug-likeness (QED) is 0.784. The van der Waals surface area contributed by atoms with Crippen LogP contribution in [0, 0.1) is 0 Å². The molecule has 0 aromatic carbocycles. The van der Waals surface area contributed by atoms with Gasteiger partial charge in [0.25, 0.3) is 0 Å². The molecule has 98 valence electrons. The minimum atomic E-state index is 0.538. The molecule has 3 aliphatic heterocycles. The Hall–Kier alpha value is -0.160. The molecule has 1 N–H and O–H groups in total. The average molecular weight is 240 g/mol. The second-order valence-electron chi connectivity index (χ2n) is 5.51. The largest absolute Gasteiger partial charge is 0.381 e. The molecule has 0 saturated carbocycles. The van der Waals surface area contributed by atoms with Gasteiger partial charge in [-0.1, -0.05) is 0 Å². The second kappa shape index (κ2) is 5.65. The summed E-state index contributed by atoms with van der Waals surface area (Å²) in [7, 11) is 0. The molecule has 0 radical (unpaired) electrons. The minimum absolute atomic E-state index is 0.538. The van der Waals surface area contributed by atoms with Gasteiger partial charge in [-0.05, 0) is 38.8 Å². The molecule has 0 amide bonds. The van der Waals surface area contributed by atoms with Crippen molar-refractivity contribution in [3.05, 3.63) is 0 Å². The van der Waals surface area contributed by atoms with Crippen molar-refractivity contribution in [1.29, 1.82) is 0 Å². The van der Waals surface area contributed by atoms with Gasteiger partial charge in [-0.15, -0.1) is 0 Å². The van der Waals surface area contributed by atoms with Crippen molar-refractivity contribution in [2.75, 3.05) is 39.5 Å². The first-order valence-corrected chi connectivity index (χ1v) is 7.09. The third-order valence-corrected chi connectivity index (χ3v) is 4.33. The van der Waals surface area contributed by atoms with Crippen LogP contribution in [-0.2, 0) is 9.47 Å². The Morgan fingerprint density at radius 2 is 1.71 bits per heavy atom. The lowest BCUT2D eigenvalue weighted by atomic mass is 10.0. The van der Waals surface area contributed by atoms with E-state index in [4.69, 9.17) is 9.47 Å². The molecule has 3 saturated heterocycles. The van der Waals surface area contributed by atoms with Crippen molar-refractivity contribution in [2.45, 2.75) is 43.8 Å². The molecule has 0 unspecified atom stereocenters. The molecule has 0 bridgehead atoms. The summed E-state index contributed by atoms with van der Waals surface area (Å²) in [6.45, 7) is 6.17. The number of nitrogens with zero attached hydrogens (tertiary/aromatic N) is 1. The van der Waals surface area contributed by atoms with E-state index in [9.17, 15) is 0 Å². The molecule has 0 aliphatic carbocycles. The molecule has 3 aliphatic rings. The number of rotatable bonds is 3. The highest BCUT2D eigenvalue weighted by Gasteiger charge is 2.35. The summed E-state index contributed by atoms with van der Waals surface area (Å²) in [6.07, 6.45) is 5.04. The zero-order valence-electron chi connectivity index (χ0n) is 10.6. The van der Waals surface area contributed by atoms with Crippen molar-refractivity contribution in [3.8, 4) is 0 Å². The molecule has 0 aromatic rings. The van der Waals surface area contributed by atoms with Crippen LogP contribution in [0.25, 0.3) is 0 Å². The fourth-order valence-electron chi connectivity index (χ4n) is 3.30. The Bertz CT molecular complexity index is 238. The van der Waals surface area contributed by atoms with E-state index in [0.717, 1.165) is 39.3 Å². The van der Waals surface area contributed by atoms with Crippen LogP contribution in [0.3, 0.4) is 0 Å². The van der Waals surface area contributed by atoms with E-state index >= 15 is 0 Å². The van der Waals surface area contributed by atoms with E-state index in [1.165, 1.54) is 25.9 Å². The van der Waals surface area contributed by atoms with E-state index < -0.39 is 0 Å². The fourth-order valence-corrected chi connectivity index (χ4v) is 3.30. The molecular weight excluding hydrogens is 216 g/mol.